The minimum absolute atomic E-state index is 1.24. The van der Waals surface area contributed by atoms with Crippen molar-refractivity contribution in [2.75, 3.05) is 0 Å². The van der Waals surface area contributed by atoms with E-state index in [-0.39, 0.29) is 0 Å². The minimum Gasteiger partial charge on any atom is -0.125 e. The fourth-order valence-corrected chi connectivity index (χ4v) is 15.2. The molecule has 0 radical (unpaired) electrons. The standard InChI is InChI=1S/C29H21.3C6H5.Bi/c1-5-13-22(14-6-1)26-21-27(23-15-7-2-8-16-23)29(25-19-11-4-12-20-25)28(26)24-17-9-3-10-18-24;3*1-2-4-6-5-3-1;/h1-21H;3*1-5H;/q-1;;;;. The van der Waals surface area contributed by atoms with Crippen LogP contribution in [0.25, 0.3) is 44.5 Å². The van der Waals surface area contributed by atoms with Crippen LogP contribution in [0.3, 0.4) is 0 Å². The Hall–Kier alpha value is -5.23. The first-order valence-electron chi connectivity index (χ1n) is 16.4. The molecule has 0 aromatic heterocycles. The van der Waals surface area contributed by atoms with E-state index in [0.29, 0.717) is 0 Å². The van der Waals surface area contributed by atoms with E-state index in [9.17, 15) is 0 Å². The van der Waals surface area contributed by atoms with E-state index < -0.39 is 21.8 Å². The van der Waals surface area contributed by atoms with Crippen LogP contribution in [0, 0.1) is 0 Å². The molecule has 8 aromatic rings. The molecule has 0 bridgehead atoms. The molecule has 48 heavy (non-hydrogen) atoms. The molecule has 0 aliphatic rings. The molecule has 0 spiro atoms. The normalized spacial score (nSPS) is 10.7. The van der Waals surface area contributed by atoms with Crippen LogP contribution in [0.5, 0.6) is 0 Å². The van der Waals surface area contributed by atoms with E-state index in [1.807, 2.05) is 0 Å². The molecule has 0 atom stereocenters. The molecular weight excluding hydrogens is 773 g/mol. The van der Waals surface area contributed by atoms with Gasteiger partial charge in [-0.25, -0.2) is 0 Å². The molecule has 0 nitrogen and oxygen atoms in total. The zero-order valence-electron chi connectivity index (χ0n) is 26.7. The van der Waals surface area contributed by atoms with E-state index in [1.165, 1.54) is 54.3 Å². The molecule has 0 N–H and O–H groups in total. The largest absolute Gasteiger partial charge is 0.125 e. The summed E-state index contributed by atoms with van der Waals surface area (Å²) in [6.45, 7) is 0. The van der Waals surface area contributed by atoms with Gasteiger partial charge in [0.2, 0.25) is 0 Å². The first kappa shape index (κ1) is 31.4. The summed E-state index contributed by atoms with van der Waals surface area (Å²) in [4.78, 5) is 0. The summed E-state index contributed by atoms with van der Waals surface area (Å²) in [5, 5.41) is 0. The van der Waals surface area contributed by atoms with Gasteiger partial charge in [-0.2, -0.15) is 0 Å². The molecule has 1 heteroatoms. The van der Waals surface area contributed by atoms with Crippen LogP contribution in [0.4, 0.5) is 0 Å². The van der Waals surface area contributed by atoms with Gasteiger partial charge in [-0.05, 0) is 0 Å². The van der Waals surface area contributed by atoms with Gasteiger partial charge in [0.25, 0.3) is 0 Å². The van der Waals surface area contributed by atoms with Gasteiger partial charge in [0.05, 0.1) is 0 Å². The average Bonchev–Trinajstić information content (AvgIpc) is 3.59. The maximum Gasteiger partial charge on any atom is -0.0581 e. The molecule has 8 aromatic carbocycles. The van der Waals surface area contributed by atoms with Crippen molar-refractivity contribution in [2.45, 2.75) is 0 Å². The molecule has 0 saturated heterocycles. The van der Waals surface area contributed by atoms with Gasteiger partial charge in [-0.3, -0.25) is 0 Å². The van der Waals surface area contributed by atoms with Gasteiger partial charge in [-0.1, -0.05) is 144 Å². The van der Waals surface area contributed by atoms with Crippen LogP contribution >= 0.6 is 0 Å². The SMILES string of the molecule is c1cc[c]([Bi]([c]2ccccc2)[c]2ccccc2)cc1.c1ccc(-c2[cH-]c(-c3ccccc3)c(-c3ccccc3)c2-c2ccccc2)cc1. The van der Waals surface area contributed by atoms with Crippen molar-refractivity contribution >= 4 is 31.6 Å². The Morgan fingerprint density at radius 2 is 0.479 bits per heavy atom. The van der Waals surface area contributed by atoms with Crippen molar-refractivity contribution in [3.63, 3.8) is 0 Å². The van der Waals surface area contributed by atoms with Gasteiger partial charge >= 0.3 is 123 Å². The molecule has 0 heterocycles. The summed E-state index contributed by atoms with van der Waals surface area (Å²) < 4.78 is 4.61. The third-order valence-corrected chi connectivity index (χ3v) is 17.9. The topological polar surface area (TPSA) is 0 Å². The zero-order chi connectivity index (χ0) is 32.4. The predicted octanol–water partition coefficient (Wildman–Crippen LogP) is 10.3. The van der Waals surface area contributed by atoms with Gasteiger partial charge in [0.1, 0.15) is 0 Å². The summed E-state index contributed by atoms with van der Waals surface area (Å²) in [5.41, 5.74) is 10.1. The second kappa shape index (κ2) is 15.6. The van der Waals surface area contributed by atoms with Crippen molar-refractivity contribution in [3.05, 3.63) is 218 Å². The van der Waals surface area contributed by atoms with Gasteiger partial charge in [0.15, 0.2) is 0 Å². The van der Waals surface area contributed by atoms with E-state index in [4.69, 9.17) is 0 Å². The number of hydrogen-bond donors (Lipinski definition) is 0. The number of hydrogen-bond acceptors (Lipinski definition) is 0. The third-order valence-electron chi connectivity index (χ3n) is 8.42. The predicted molar refractivity (Wildman–Crippen MR) is 208 cm³/mol. The Bertz CT molecular complexity index is 1930. The summed E-state index contributed by atoms with van der Waals surface area (Å²) in [6.07, 6.45) is 0. The Morgan fingerprint density at radius 1 is 0.250 bits per heavy atom. The van der Waals surface area contributed by atoms with Crippen molar-refractivity contribution in [3.8, 4) is 44.5 Å². The van der Waals surface area contributed by atoms with Crippen molar-refractivity contribution in [2.24, 2.45) is 0 Å². The van der Waals surface area contributed by atoms with Crippen LogP contribution in [-0.2, 0) is 0 Å². The van der Waals surface area contributed by atoms with Gasteiger partial charge in [0, 0.05) is 0 Å². The minimum atomic E-state index is -2.06. The summed E-state index contributed by atoms with van der Waals surface area (Å²) >= 11 is -2.06. The number of benzene rings is 7. The molecule has 0 unspecified atom stereocenters. The zero-order valence-corrected chi connectivity index (χ0v) is 30.2. The fourth-order valence-electron chi connectivity index (χ4n) is 6.24. The van der Waals surface area contributed by atoms with Gasteiger partial charge < -0.3 is 0 Å². The van der Waals surface area contributed by atoms with Crippen LogP contribution in [-0.4, -0.2) is 21.8 Å². The first-order chi connectivity index (χ1) is 23.9. The van der Waals surface area contributed by atoms with Crippen LogP contribution in [0.15, 0.2) is 218 Å². The second-order valence-corrected chi connectivity index (χ2v) is 20.2. The fraction of sp³-hybridized carbons (Fsp3) is 0. The first-order valence-corrected chi connectivity index (χ1v) is 21.6. The summed E-state index contributed by atoms with van der Waals surface area (Å²) in [5.74, 6) is 0. The van der Waals surface area contributed by atoms with Crippen molar-refractivity contribution < 1.29 is 0 Å². The smallest absolute Gasteiger partial charge is 0.0581 e. The maximum absolute atomic E-state index is 2.36. The maximum atomic E-state index is 2.36. The Morgan fingerprint density at radius 3 is 0.750 bits per heavy atom. The average molecular weight is 810 g/mol. The molecular formula is C47H36Bi-. The molecule has 0 amide bonds. The molecule has 0 saturated carbocycles. The summed E-state index contributed by atoms with van der Waals surface area (Å²) in [6, 6.07) is 78.2. The number of rotatable bonds is 7. The quantitative estimate of drug-likeness (QED) is 0.111. The molecule has 230 valence electrons. The van der Waals surface area contributed by atoms with E-state index >= 15 is 0 Å². The second-order valence-electron chi connectivity index (χ2n) is 11.5. The molecule has 0 fully saturated rings. The molecule has 0 aliphatic heterocycles. The Balaban J connectivity index is 0.000000166. The third kappa shape index (κ3) is 7.18. The van der Waals surface area contributed by atoms with Crippen LogP contribution in [0.1, 0.15) is 0 Å². The Labute approximate surface area is 292 Å². The van der Waals surface area contributed by atoms with Crippen molar-refractivity contribution in [1.29, 1.82) is 0 Å². The van der Waals surface area contributed by atoms with Crippen LogP contribution in [0.2, 0.25) is 0 Å². The van der Waals surface area contributed by atoms with E-state index in [1.54, 1.807) is 0 Å². The van der Waals surface area contributed by atoms with Crippen LogP contribution < -0.4 is 9.81 Å². The van der Waals surface area contributed by atoms with Gasteiger partial charge in [-0.15, -0.1) is 28.3 Å². The molecule has 0 aliphatic carbocycles. The Kier molecular flexibility index (Phi) is 10.2. The van der Waals surface area contributed by atoms with E-state index in [0.717, 1.165) is 0 Å². The van der Waals surface area contributed by atoms with Crippen molar-refractivity contribution in [1.82, 2.24) is 0 Å². The van der Waals surface area contributed by atoms with E-state index in [2.05, 4.69) is 218 Å². The molecule has 8 rings (SSSR count). The monoisotopic (exact) mass is 809 g/mol. The summed E-state index contributed by atoms with van der Waals surface area (Å²) in [7, 11) is 0.